The minimum Gasteiger partial charge on any atom is -0.411 e. The maximum absolute atomic E-state index is 12.7. The van der Waals surface area contributed by atoms with Crippen molar-refractivity contribution in [3.8, 4) is 11.5 Å². The fourth-order valence-electron chi connectivity index (χ4n) is 4.34. The second kappa shape index (κ2) is 9.30. The molecule has 3 heterocycles. The lowest BCUT2D eigenvalue weighted by molar-refractivity contribution is -0.134. The molecule has 0 radical (unpaired) electrons. The van der Waals surface area contributed by atoms with E-state index in [0.29, 0.717) is 29.8 Å². The number of rotatable bonds is 6. The number of carbonyl (C=O) groups excluding carboxylic acids is 1. The van der Waals surface area contributed by atoms with Crippen LogP contribution in [0.4, 0.5) is 0 Å². The lowest BCUT2D eigenvalue weighted by Crippen LogP contribution is -2.48. The van der Waals surface area contributed by atoms with Gasteiger partial charge in [-0.25, -0.2) is 8.42 Å². The normalized spacial score (nSPS) is 22.7. The fraction of sp³-hybridized carbons (Fsp3) is 0.571. The Kier molecular flexibility index (Phi) is 6.68. The summed E-state index contributed by atoms with van der Waals surface area (Å²) in [6, 6.07) is 7.00. The van der Waals surface area contributed by atoms with Crippen LogP contribution in [0.25, 0.3) is 11.5 Å². The standard InChI is InChI=1S/C21H28N4O4S2/c1-15-6-5-7-16(2)25(15)19(26)14-30-21-23-22-20(29-21)17-8-10-18(11-9-17)31(27,28)24-12-3-4-13-24/h8-11,15-16H,3-7,12-14H2,1-2H3/t15-,16-/m0/s1. The van der Waals surface area contributed by atoms with Gasteiger partial charge in [0.15, 0.2) is 0 Å². The maximum atomic E-state index is 12.7. The van der Waals surface area contributed by atoms with E-state index in [0.717, 1.165) is 32.1 Å². The minimum absolute atomic E-state index is 0.0842. The number of amides is 1. The van der Waals surface area contributed by atoms with Gasteiger partial charge in [-0.05, 0) is 70.2 Å². The van der Waals surface area contributed by atoms with Crippen molar-refractivity contribution in [1.82, 2.24) is 19.4 Å². The van der Waals surface area contributed by atoms with Crippen LogP contribution in [0.3, 0.4) is 0 Å². The molecule has 2 fully saturated rings. The molecule has 2 atom stereocenters. The minimum atomic E-state index is -3.45. The van der Waals surface area contributed by atoms with Crippen molar-refractivity contribution in [2.45, 2.75) is 68.2 Å². The largest absolute Gasteiger partial charge is 0.411 e. The maximum Gasteiger partial charge on any atom is 0.277 e. The second-order valence-electron chi connectivity index (χ2n) is 8.23. The van der Waals surface area contributed by atoms with Crippen LogP contribution in [0.15, 0.2) is 38.8 Å². The summed E-state index contributed by atoms with van der Waals surface area (Å²) in [7, 11) is -3.45. The van der Waals surface area contributed by atoms with Crippen LogP contribution in [0, 0.1) is 0 Å². The summed E-state index contributed by atoms with van der Waals surface area (Å²) in [4.78, 5) is 14.9. The first-order chi connectivity index (χ1) is 14.9. The summed E-state index contributed by atoms with van der Waals surface area (Å²) < 4.78 is 32.5. The summed E-state index contributed by atoms with van der Waals surface area (Å²) in [5.41, 5.74) is 0.643. The van der Waals surface area contributed by atoms with Gasteiger partial charge in [0, 0.05) is 30.7 Å². The topological polar surface area (TPSA) is 96.6 Å². The molecule has 1 amide bonds. The van der Waals surface area contributed by atoms with Crippen molar-refractivity contribution in [3.63, 3.8) is 0 Å². The van der Waals surface area contributed by atoms with Crippen molar-refractivity contribution in [2.24, 2.45) is 0 Å². The van der Waals surface area contributed by atoms with Crippen molar-refractivity contribution < 1.29 is 17.6 Å². The molecular weight excluding hydrogens is 436 g/mol. The van der Waals surface area contributed by atoms with Gasteiger partial charge < -0.3 is 9.32 Å². The van der Waals surface area contributed by atoms with Crippen LogP contribution in [0.2, 0.25) is 0 Å². The summed E-state index contributed by atoms with van der Waals surface area (Å²) >= 11 is 1.23. The molecule has 0 aliphatic carbocycles. The number of hydrogen-bond donors (Lipinski definition) is 0. The highest BCUT2D eigenvalue weighted by Gasteiger charge is 2.29. The zero-order valence-electron chi connectivity index (χ0n) is 17.9. The molecule has 168 valence electrons. The Hall–Kier alpha value is -1.91. The first-order valence-corrected chi connectivity index (χ1v) is 13.2. The molecule has 31 heavy (non-hydrogen) atoms. The van der Waals surface area contributed by atoms with E-state index in [-0.39, 0.29) is 28.6 Å². The van der Waals surface area contributed by atoms with E-state index in [2.05, 4.69) is 24.0 Å². The molecule has 0 unspecified atom stereocenters. The van der Waals surface area contributed by atoms with Gasteiger partial charge in [-0.15, -0.1) is 10.2 Å². The Morgan fingerprint density at radius 3 is 2.35 bits per heavy atom. The molecule has 1 aromatic heterocycles. The second-order valence-corrected chi connectivity index (χ2v) is 11.1. The molecule has 8 nitrogen and oxygen atoms in total. The Morgan fingerprint density at radius 2 is 1.71 bits per heavy atom. The van der Waals surface area contributed by atoms with E-state index < -0.39 is 10.0 Å². The molecule has 2 saturated heterocycles. The molecule has 4 rings (SSSR count). The van der Waals surface area contributed by atoms with Crippen LogP contribution in [0.1, 0.15) is 46.0 Å². The fourth-order valence-corrected chi connectivity index (χ4v) is 6.49. The molecule has 0 bridgehead atoms. The van der Waals surface area contributed by atoms with E-state index in [1.165, 1.54) is 16.1 Å². The first kappa shape index (κ1) is 22.3. The molecule has 10 heteroatoms. The average molecular weight is 465 g/mol. The van der Waals surface area contributed by atoms with Crippen molar-refractivity contribution >= 4 is 27.7 Å². The number of thioether (sulfide) groups is 1. The smallest absolute Gasteiger partial charge is 0.277 e. The Morgan fingerprint density at radius 1 is 1.06 bits per heavy atom. The highest BCUT2D eigenvalue weighted by molar-refractivity contribution is 7.99. The van der Waals surface area contributed by atoms with Crippen LogP contribution >= 0.6 is 11.8 Å². The lowest BCUT2D eigenvalue weighted by atomic mass is 9.98. The quantitative estimate of drug-likeness (QED) is 0.605. The molecular formula is C21H28N4O4S2. The van der Waals surface area contributed by atoms with Gasteiger partial charge >= 0.3 is 0 Å². The number of carbonyl (C=O) groups is 1. The number of likely N-dealkylation sites (tertiary alicyclic amines) is 1. The Balaban J connectivity index is 1.39. The van der Waals surface area contributed by atoms with Crippen LogP contribution < -0.4 is 0 Å². The zero-order valence-corrected chi connectivity index (χ0v) is 19.5. The monoisotopic (exact) mass is 464 g/mol. The van der Waals surface area contributed by atoms with E-state index >= 15 is 0 Å². The van der Waals surface area contributed by atoms with Gasteiger partial charge in [0.2, 0.25) is 21.8 Å². The number of hydrogen-bond acceptors (Lipinski definition) is 7. The van der Waals surface area contributed by atoms with Gasteiger partial charge in [0.25, 0.3) is 5.22 Å². The summed E-state index contributed by atoms with van der Waals surface area (Å²) in [6.45, 7) is 5.33. The molecule has 0 spiro atoms. The molecule has 2 aliphatic heterocycles. The SMILES string of the molecule is C[C@H]1CCC[C@H](C)N1C(=O)CSc1nnc(-c2ccc(S(=O)(=O)N3CCCC3)cc2)o1. The average Bonchev–Trinajstić information content (AvgIpc) is 3.45. The number of piperidine rings is 1. The molecule has 2 aromatic rings. The van der Waals surface area contributed by atoms with Gasteiger partial charge in [-0.1, -0.05) is 11.8 Å². The summed E-state index contributed by atoms with van der Waals surface area (Å²) in [5, 5.41) is 8.41. The van der Waals surface area contributed by atoms with Crippen LogP contribution in [0.5, 0.6) is 0 Å². The number of sulfonamides is 1. The predicted octanol–water partition coefficient (Wildman–Crippen LogP) is 3.40. The Labute approximate surface area is 187 Å². The van der Waals surface area contributed by atoms with Crippen LogP contribution in [-0.2, 0) is 14.8 Å². The lowest BCUT2D eigenvalue weighted by Gasteiger charge is -2.39. The first-order valence-electron chi connectivity index (χ1n) is 10.7. The van der Waals surface area contributed by atoms with Crippen molar-refractivity contribution in [3.05, 3.63) is 24.3 Å². The molecule has 0 N–H and O–H groups in total. The summed E-state index contributed by atoms with van der Waals surface area (Å²) in [6.07, 6.45) is 5.03. The van der Waals surface area contributed by atoms with E-state index in [4.69, 9.17) is 4.42 Å². The Bertz CT molecular complexity index is 1010. The van der Waals surface area contributed by atoms with Crippen molar-refractivity contribution in [2.75, 3.05) is 18.8 Å². The van der Waals surface area contributed by atoms with Gasteiger partial charge in [-0.3, -0.25) is 4.79 Å². The van der Waals surface area contributed by atoms with E-state index in [1.54, 1.807) is 24.3 Å². The summed E-state index contributed by atoms with van der Waals surface area (Å²) in [5.74, 6) is 0.643. The van der Waals surface area contributed by atoms with Gasteiger partial charge in [0.1, 0.15) is 0 Å². The highest BCUT2D eigenvalue weighted by atomic mass is 32.2. The predicted molar refractivity (Wildman–Crippen MR) is 118 cm³/mol. The number of benzene rings is 1. The molecule has 2 aliphatic rings. The third kappa shape index (κ3) is 4.80. The third-order valence-corrected chi connectivity index (χ3v) is 8.73. The number of aromatic nitrogens is 2. The third-order valence-electron chi connectivity index (χ3n) is 6.01. The van der Waals surface area contributed by atoms with Gasteiger partial charge in [-0.2, -0.15) is 4.31 Å². The molecule has 1 aromatic carbocycles. The highest BCUT2D eigenvalue weighted by Crippen LogP contribution is 2.28. The zero-order chi connectivity index (χ0) is 22.0. The number of nitrogens with zero attached hydrogens (tertiary/aromatic N) is 4. The van der Waals surface area contributed by atoms with E-state index in [9.17, 15) is 13.2 Å². The van der Waals surface area contributed by atoms with Crippen LogP contribution in [-0.4, -0.2) is 64.7 Å². The van der Waals surface area contributed by atoms with Gasteiger partial charge in [0.05, 0.1) is 10.6 Å². The molecule has 0 saturated carbocycles. The van der Waals surface area contributed by atoms with Crippen molar-refractivity contribution in [1.29, 1.82) is 0 Å². The van der Waals surface area contributed by atoms with E-state index in [1.807, 2.05) is 4.90 Å².